The average Bonchev–Trinajstić information content (AvgIpc) is 2.62. The average molecular weight is 254 g/mol. The summed E-state index contributed by atoms with van der Waals surface area (Å²) in [6.07, 6.45) is 6.34. The Hall–Kier alpha value is -0.670. The monoisotopic (exact) mass is 254 g/mol. The molecule has 1 saturated heterocycles. The topological polar surface area (TPSA) is 46.5 Å². The number of carbonyl (C=O) groups is 1. The summed E-state index contributed by atoms with van der Waals surface area (Å²) in [4.78, 5) is 11.4. The second kappa shape index (κ2) is 6.48. The summed E-state index contributed by atoms with van der Waals surface area (Å²) < 4.78 is 5.85. The minimum absolute atomic E-state index is 0.0135. The lowest BCUT2D eigenvalue weighted by Gasteiger charge is -2.27. The summed E-state index contributed by atoms with van der Waals surface area (Å²) in [5.74, 6) is -0.142. The fourth-order valence-corrected chi connectivity index (χ4v) is 3.04. The largest absolute Gasteiger partial charge is 0.393 e. The van der Waals surface area contributed by atoms with E-state index in [1.54, 1.807) is 0 Å². The Kier molecular flexibility index (Phi) is 5.54. The van der Waals surface area contributed by atoms with Crippen LogP contribution in [0.3, 0.4) is 0 Å². The maximum Gasteiger partial charge on any atom is 0.126 e. The SMILES string of the molecule is C/C=C(\CCCC)C1C(C=O)C(C)(CO)O[C@H]1C. The van der Waals surface area contributed by atoms with Crippen molar-refractivity contribution in [2.45, 2.75) is 58.7 Å². The van der Waals surface area contributed by atoms with Gasteiger partial charge in [0.25, 0.3) is 0 Å². The van der Waals surface area contributed by atoms with E-state index in [9.17, 15) is 9.90 Å². The lowest BCUT2D eigenvalue weighted by Crippen LogP contribution is -2.38. The van der Waals surface area contributed by atoms with Gasteiger partial charge in [0.2, 0.25) is 0 Å². The highest BCUT2D eigenvalue weighted by molar-refractivity contribution is 5.58. The van der Waals surface area contributed by atoms with Crippen LogP contribution in [-0.2, 0) is 9.53 Å². The van der Waals surface area contributed by atoms with Gasteiger partial charge < -0.3 is 14.6 Å². The summed E-state index contributed by atoms with van der Waals surface area (Å²) in [5.41, 5.74) is 0.561. The third kappa shape index (κ3) is 2.83. The molecule has 3 nitrogen and oxygen atoms in total. The first kappa shape index (κ1) is 15.4. The van der Waals surface area contributed by atoms with Gasteiger partial charge in [-0.3, -0.25) is 0 Å². The molecule has 1 fully saturated rings. The molecule has 18 heavy (non-hydrogen) atoms. The van der Waals surface area contributed by atoms with Crippen molar-refractivity contribution in [2.75, 3.05) is 6.61 Å². The first-order valence-electron chi connectivity index (χ1n) is 6.93. The summed E-state index contributed by atoms with van der Waals surface area (Å²) in [6, 6.07) is 0. The Morgan fingerprint density at radius 2 is 2.17 bits per heavy atom. The van der Waals surface area contributed by atoms with E-state index in [1.807, 2.05) is 20.8 Å². The highest BCUT2D eigenvalue weighted by Crippen LogP contribution is 2.44. The van der Waals surface area contributed by atoms with Crippen LogP contribution in [-0.4, -0.2) is 29.7 Å². The molecule has 0 aliphatic carbocycles. The second-order valence-electron chi connectivity index (χ2n) is 5.45. The van der Waals surface area contributed by atoms with Crippen molar-refractivity contribution in [3.63, 3.8) is 0 Å². The molecule has 1 rings (SSSR count). The standard InChI is InChI=1S/C15H26O3/c1-5-7-8-12(6-2)14-11(3)18-15(4,10-17)13(14)9-16/h6,9,11,13-14,17H,5,7-8,10H2,1-4H3/b12-6+/t11-,13?,14?,15?/m0/s1. The van der Waals surface area contributed by atoms with E-state index in [2.05, 4.69) is 13.0 Å². The van der Waals surface area contributed by atoms with Crippen LogP contribution in [0.15, 0.2) is 11.6 Å². The Morgan fingerprint density at radius 1 is 1.50 bits per heavy atom. The molecular formula is C15H26O3. The number of hydrogen-bond donors (Lipinski definition) is 1. The summed E-state index contributed by atoms with van der Waals surface area (Å²) in [5, 5.41) is 9.49. The number of allylic oxidation sites excluding steroid dienone is 1. The molecule has 0 spiro atoms. The smallest absolute Gasteiger partial charge is 0.126 e. The van der Waals surface area contributed by atoms with Crippen molar-refractivity contribution < 1.29 is 14.6 Å². The lowest BCUT2D eigenvalue weighted by atomic mass is 9.76. The fourth-order valence-electron chi connectivity index (χ4n) is 3.04. The predicted molar refractivity (Wildman–Crippen MR) is 72.4 cm³/mol. The Balaban J connectivity index is 2.95. The van der Waals surface area contributed by atoms with Crippen molar-refractivity contribution in [1.29, 1.82) is 0 Å². The van der Waals surface area contributed by atoms with Crippen molar-refractivity contribution in [1.82, 2.24) is 0 Å². The zero-order chi connectivity index (χ0) is 13.8. The molecule has 0 radical (unpaired) electrons. The van der Waals surface area contributed by atoms with Gasteiger partial charge in [0.15, 0.2) is 0 Å². The van der Waals surface area contributed by atoms with Crippen molar-refractivity contribution in [3.05, 3.63) is 11.6 Å². The molecule has 0 aromatic carbocycles. The second-order valence-corrected chi connectivity index (χ2v) is 5.45. The molecular weight excluding hydrogens is 228 g/mol. The molecule has 0 aromatic rings. The van der Waals surface area contributed by atoms with Crippen LogP contribution in [0.4, 0.5) is 0 Å². The number of aliphatic hydroxyl groups excluding tert-OH is 1. The maximum atomic E-state index is 11.4. The Bertz CT molecular complexity index is 311. The van der Waals surface area contributed by atoms with Gasteiger partial charge in [-0.15, -0.1) is 0 Å². The van der Waals surface area contributed by atoms with Gasteiger partial charge in [-0.25, -0.2) is 0 Å². The minimum Gasteiger partial charge on any atom is -0.393 e. The zero-order valence-electron chi connectivity index (χ0n) is 12.0. The third-order valence-electron chi connectivity index (χ3n) is 4.13. The molecule has 1 aliphatic heterocycles. The number of rotatable bonds is 6. The summed E-state index contributed by atoms with van der Waals surface area (Å²) >= 11 is 0. The molecule has 104 valence electrons. The number of aldehydes is 1. The van der Waals surface area contributed by atoms with Crippen molar-refractivity contribution in [3.8, 4) is 0 Å². The van der Waals surface area contributed by atoms with E-state index >= 15 is 0 Å². The fraction of sp³-hybridized carbons (Fsp3) is 0.800. The van der Waals surface area contributed by atoms with Gasteiger partial charge in [0.1, 0.15) is 6.29 Å². The highest BCUT2D eigenvalue weighted by Gasteiger charge is 2.50. The van der Waals surface area contributed by atoms with E-state index in [-0.39, 0.29) is 24.5 Å². The first-order valence-corrected chi connectivity index (χ1v) is 6.93. The highest BCUT2D eigenvalue weighted by atomic mass is 16.5. The van der Waals surface area contributed by atoms with Gasteiger partial charge >= 0.3 is 0 Å². The number of carbonyl (C=O) groups excluding carboxylic acids is 1. The molecule has 4 atom stereocenters. The van der Waals surface area contributed by atoms with Crippen LogP contribution >= 0.6 is 0 Å². The van der Waals surface area contributed by atoms with Crippen LogP contribution in [0.1, 0.15) is 47.0 Å². The Labute approximate surface area is 110 Å². The molecule has 0 saturated carbocycles. The van der Waals surface area contributed by atoms with Gasteiger partial charge in [-0.05, 0) is 33.6 Å². The first-order chi connectivity index (χ1) is 8.53. The molecule has 1 N–H and O–H groups in total. The molecule has 0 aromatic heterocycles. The zero-order valence-corrected chi connectivity index (χ0v) is 12.0. The van der Waals surface area contributed by atoms with Gasteiger partial charge in [-0.1, -0.05) is 25.0 Å². The van der Waals surface area contributed by atoms with Crippen molar-refractivity contribution >= 4 is 6.29 Å². The quantitative estimate of drug-likeness (QED) is 0.585. The van der Waals surface area contributed by atoms with E-state index < -0.39 is 5.60 Å². The molecule has 1 aliphatic rings. The number of unbranched alkanes of at least 4 members (excludes halogenated alkanes) is 1. The van der Waals surface area contributed by atoms with E-state index in [0.29, 0.717) is 0 Å². The summed E-state index contributed by atoms with van der Waals surface area (Å²) in [6.45, 7) is 7.90. The normalized spacial score (nSPS) is 36.9. The number of hydrogen-bond acceptors (Lipinski definition) is 3. The van der Waals surface area contributed by atoms with Crippen LogP contribution in [0.2, 0.25) is 0 Å². The van der Waals surface area contributed by atoms with Gasteiger partial charge in [-0.2, -0.15) is 0 Å². The van der Waals surface area contributed by atoms with E-state index in [4.69, 9.17) is 4.74 Å². The Morgan fingerprint density at radius 3 is 2.61 bits per heavy atom. The number of ether oxygens (including phenoxy) is 1. The van der Waals surface area contributed by atoms with Gasteiger partial charge in [0.05, 0.1) is 24.2 Å². The minimum atomic E-state index is -0.730. The van der Waals surface area contributed by atoms with Crippen molar-refractivity contribution in [2.24, 2.45) is 11.8 Å². The van der Waals surface area contributed by atoms with Crippen LogP contribution in [0, 0.1) is 11.8 Å². The molecule has 3 unspecified atom stereocenters. The van der Waals surface area contributed by atoms with E-state index in [0.717, 1.165) is 25.5 Å². The number of aliphatic hydroxyl groups is 1. The third-order valence-corrected chi connectivity index (χ3v) is 4.13. The van der Waals surface area contributed by atoms with Crippen LogP contribution in [0.5, 0.6) is 0 Å². The van der Waals surface area contributed by atoms with Gasteiger partial charge in [0, 0.05) is 5.92 Å². The molecule has 3 heteroatoms. The van der Waals surface area contributed by atoms with Crippen LogP contribution < -0.4 is 0 Å². The lowest BCUT2D eigenvalue weighted by molar-refractivity contribution is -0.120. The maximum absolute atomic E-state index is 11.4. The predicted octanol–water partition coefficient (Wildman–Crippen LogP) is 2.72. The molecule has 1 heterocycles. The van der Waals surface area contributed by atoms with E-state index in [1.165, 1.54) is 5.57 Å². The summed E-state index contributed by atoms with van der Waals surface area (Å²) in [7, 11) is 0. The van der Waals surface area contributed by atoms with Crippen LogP contribution in [0.25, 0.3) is 0 Å². The molecule has 0 amide bonds. The molecule has 0 bridgehead atoms.